The van der Waals surface area contributed by atoms with Gasteiger partial charge in [0.25, 0.3) is 0 Å². The van der Waals surface area contributed by atoms with Crippen molar-refractivity contribution in [1.82, 2.24) is 20.0 Å². The van der Waals surface area contributed by atoms with Gasteiger partial charge < -0.3 is 14.5 Å². The van der Waals surface area contributed by atoms with Crippen molar-refractivity contribution in [3.63, 3.8) is 0 Å². The zero-order valence-electron chi connectivity index (χ0n) is 13.3. The first kappa shape index (κ1) is 15.0. The molecule has 0 bridgehead atoms. The van der Waals surface area contributed by atoms with Gasteiger partial charge in [-0.25, -0.2) is 0 Å². The summed E-state index contributed by atoms with van der Waals surface area (Å²) in [5.74, 6) is 0.0904. The van der Waals surface area contributed by atoms with Crippen LogP contribution in [0.15, 0.2) is 0 Å². The summed E-state index contributed by atoms with van der Waals surface area (Å²) in [5.41, 5.74) is 2.40. The Morgan fingerprint density at radius 3 is 2.82 bits per heavy atom. The van der Waals surface area contributed by atoms with Crippen LogP contribution < -0.4 is 0 Å². The van der Waals surface area contributed by atoms with E-state index in [2.05, 4.69) is 10.2 Å². The SMILES string of the molecule is Cc1n[nH]c(C)c1CC(=O)N1CC[C@@]2(CN(C)C(=O)CO2)C1. The maximum absolute atomic E-state index is 12.5. The lowest BCUT2D eigenvalue weighted by molar-refractivity contribution is -0.159. The van der Waals surface area contributed by atoms with Crippen molar-refractivity contribution in [3.05, 3.63) is 17.0 Å². The Balaban J connectivity index is 1.65. The minimum Gasteiger partial charge on any atom is -0.361 e. The molecule has 7 heteroatoms. The molecule has 2 aliphatic rings. The number of ether oxygens (including phenoxy) is 1. The van der Waals surface area contributed by atoms with E-state index in [1.54, 1.807) is 11.9 Å². The van der Waals surface area contributed by atoms with Crippen LogP contribution in [-0.2, 0) is 20.7 Å². The van der Waals surface area contributed by atoms with Crippen LogP contribution >= 0.6 is 0 Å². The zero-order chi connectivity index (χ0) is 15.9. The van der Waals surface area contributed by atoms with Crippen LogP contribution in [0.1, 0.15) is 23.4 Å². The number of morpholine rings is 1. The summed E-state index contributed by atoms with van der Waals surface area (Å²) in [6.45, 7) is 5.73. The molecule has 120 valence electrons. The van der Waals surface area contributed by atoms with Gasteiger partial charge in [0.1, 0.15) is 12.2 Å². The number of aromatic amines is 1. The number of likely N-dealkylation sites (tertiary alicyclic amines) is 1. The number of likely N-dealkylation sites (N-methyl/N-ethyl adjacent to an activating group) is 1. The van der Waals surface area contributed by atoms with E-state index in [0.29, 0.717) is 26.1 Å². The van der Waals surface area contributed by atoms with Gasteiger partial charge in [-0.15, -0.1) is 0 Å². The van der Waals surface area contributed by atoms with Gasteiger partial charge in [-0.2, -0.15) is 5.10 Å². The van der Waals surface area contributed by atoms with Crippen LogP contribution in [0.4, 0.5) is 0 Å². The Kier molecular flexibility index (Phi) is 3.68. The van der Waals surface area contributed by atoms with Gasteiger partial charge in [-0.3, -0.25) is 14.7 Å². The van der Waals surface area contributed by atoms with E-state index in [-0.39, 0.29) is 18.4 Å². The predicted octanol–water partition coefficient (Wildman–Crippen LogP) is 0.0287. The van der Waals surface area contributed by atoms with E-state index in [1.165, 1.54) is 0 Å². The van der Waals surface area contributed by atoms with Gasteiger partial charge in [0.15, 0.2) is 0 Å². The number of rotatable bonds is 2. The average Bonchev–Trinajstić information content (AvgIpc) is 3.02. The fourth-order valence-corrected chi connectivity index (χ4v) is 3.29. The minimum absolute atomic E-state index is 0.0000447. The number of hydrogen-bond acceptors (Lipinski definition) is 4. The summed E-state index contributed by atoms with van der Waals surface area (Å²) in [7, 11) is 1.79. The Morgan fingerprint density at radius 2 is 2.18 bits per heavy atom. The molecule has 3 rings (SSSR count). The lowest BCUT2D eigenvalue weighted by atomic mass is 10.0. The number of aromatic nitrogens is 2. The molecular weight excluding hydrogens is 284 g/mol. The summed E-state index contributed by atoms with van der Waals surface area (Å²) in [6.07, 6.45) is 1.14. The fourth-order valence-electron chi connectivity index (χ4n) is 3.29. The fraction of sp³-hybridized carbons (Fsp3) is 0.667. The molecule has 2 aliphatic heterocycles. The number of nitrogens with zero attached hydrogens (tertiary/aromatic N) is 3. The monoisotopic (exact) mass is 306 g/mol. The molecule has 3 heterocycles. The highest BCUT2D eigenvalue weighted by molar-refractivity contribution is 5.80. The van der Waals surface area contributed by atoms with E-state index in [4.69, 9.17) is 4.74 Å². The van der Waals surface area contributed by atoms with Gasteiger partial charge in [-0.05, 0) is 20.3 Å². The van der Waals surface area contributed by atoms with Crippen molar-refractivity contribution in [3.8, 4) is 0 Å². The van der Waals surface area contributed by atoms with Crippen LogP contribution in [-0.4, -0.2) is 70.7 Å². The van der Waals surface area contributed by atoms with Crippen LogP contribution in [0.5, 0.6) is 0 Å². The second kappa shape index (κ2) is 5.39. The van der Waals surface area contributed by atoms with Crippen molar-refractivity contribution in [2.45, 2.75) is 32.3 Å². The summed E-state index contributed by atoms with van der Waals surface area (Å²) in [4.78, 5) is 27.6. The number of nitrogens with one attached hydrogen (secondary N) is 1. The molecule has 2 saturated heterocycles. The van der Waals surface area contributed by atoms with E-state index >= 15 is 0 Å². The molecule has 22 heavy (non-hydrogen) atoms. The van der Waals surface area contributed by atoms with Gasteiger partial charge in [-0.1, -0.05) is 0 Å². The molecule has 0 unspecified atom stereocenters. The van der Waals surface area contributed by atoms with Gasteiger partial charge >= 0.3 is 0 Å². The molecule has 1 aromatic rings. The van der Waals surface area contributed by atoms with Crippen LogP contribution in [0.25, 0.3) is 0 Å². The van der Waals surface area contributed by atoms with Crippen molar-refractivity contribution in [2.75, 3.05) is 33.3 Å². The Morgan fingerprint density at radius 1 is 1.41 bits per heavy atom. The van der Waals surface area contributed by atoms with Gasteiger partial charge in [0.05, 0.1) is 25.2 Å². The summed E-state index contributed by atoms with van der Waals surface area (Å²) < 4.78 is 5.77. The van der Waals surface area contributed by atoms with E-state index < -0.39 is 5.60 Å². The van der Waals surface area contributed by atoms with Crippen molar-refractivity contribution < 1.29 is 14.3 Å². The molecule has 1 atom stereocenters. The Hall–Kier alpha value is -1.89. The number of amides is 2. The van der Waals surface area contributed by atoms with Crippen molar-refractivity contribution in [2.24, 2.45) is 0 Å². The largest absolute Gasteiger partial charge is 0.361 e. The normalized spacial score (nSPS) is 25.3. The van der Waals surface area contributed by atoms with Crippen molar-refractivity contribution >= 4 is 11.8 Å². The molecule has 0 radical (unpaired) electrons. The lowest BCUT2D eigenvalue weighted by Crippen LogP contribution is -2.54. The van der Waals surface area contributed by atoms with E-state index in [1.807, 2.05) is 18.7 Å². The highest BCUT2D eigenvalue weighted by atomic mass is 16.5. The van der Waals surface area contributed by atoms with Gasteiger partial charge in [0.2, 0.25) is 11.8 Å². The number of hydrogen-bond donors (Lipinski definition) is 1. The average molecular weight is 306 g/mol. The topological polar surface area (TPSA) is 78.5 Å². The molecule has 1 N–H and O–H groups in total. The second-order valence-electron chi connectivity index (χ2n) is 6.38. The van der Waals surface area contributed by atoms with E-state index in [0.717, 1.165) is 23.4 Å². The molecule has 1 aromatic heterocycles. The standard InChI is InChI=1S/C15H22N4O3/c1-10-12(11(2)17-16-10)6-13(20)19-5-4-15(9-19)8-18(3)14(21)7-22-15/h4-9H2,1-3H3,(H,16,17)/t15-/m1/s1. The third-order valence-corrected chi connectivity index (χ3v) is 4.73. The number of carbonyl (C=O) groups is 2. The Labute approximate surface area is 129 Å². The summed E-state index contributed by atoms with van der Waals surface area (Å²) in [6, 6.07) is 0. The third kappa shape index (κ3) is 2.61. The van der Waals surface area contributed by atoms with Crippen LogP contribution in [0, 0.1) is 13.8 Å². The maximum Gasteiger partial charge on any atom is 0.248 e. The predicted molar refractivity (Wildman–Crippen MR) is 79.3 cm³/mol. The number of H-pyrrole nitrogens is 1. The highest BCUT2D eigenvalue weighted by Crippen LogP contribution is 2.29. The Bertz CT molecular complexity index is 592. The summed E-state index contributed by atoms with van der Waals surface area (Å²) >= 11 is 0. The number of aryl methyl sites for hydroxylation is 2. The molecule has 2 fully saturated rings. The maximum atomic E-state index is 12.5. The smallest absolute Gasteiger partial charge is 0.248 e. The van der Waals surface area contributed by atoms with Crippen LogP contribution in [0.2, 0.25) is 0 Å². The summed E-state index contributed by atoms with van der Waals surface area (Å²) in [5, 5.41) is 7.04. The molecule has 1 spiro atoms. The number of carbonyl (C=O) groups excluding carboxylic acids is 2. The highest BCUT2D eigenvalue weighted by Gasteiger charge is 2.45. The first-order chi connectivity index (χ1) is 10.4. The van der Waals surface area contributed by atoms with Crippen molar-refractivity contribution in [1.29, 1.82) is 0 Å². The molecule has 0 aliphatic carbocycles. The third-order valence-electron chi connectivity index (χ3n) is 4.73. The first-order valence-corrected chi connectivity index (χ1v) is 7.56. The lowest BCUT2D eigenvalue weighted by Gasteiger charge is -2.38. The zero-order valence-corrected chi connectivity index (χ0v) is 13.3. The van der Waals surface area contributed by atoms with Gasteiger partial charge in [0, 0.05) is 24.8 Å². The molecular formula is C15H22N4O3. The van der Waals surface area contributed by atoms with E-state index in [9.17, 15) is 9.59 Å². The quantitative estimate of drug-likeness (QED) is 0.836. The second-order valence-corrected chi connectivity index (χ2v) is 6.38. The van der Waals surface area contributed by atoms with Crippen LogP contribution in [0.3, 0.4) is 0 Å². The molecule has 0 saturated carbocycles. The molecule has 2 amide bonds. The molecule has 0 aromatic carbocycles. The minimum atomic E-state index is -0.390. The molecule has 7 nitrogen and oxygen atoms in total. The first-order valence-electron chi connectivity index (χ1n) is 7.56.